The number of hydrogen-bond acceptors (Lipinski definition) is 1. The number of rotatable bonds is 0. The second-order valence-corrected chi connectivity index (χ2v) is 2.92. The van der Waals surface area contributed by atoms with E-state index < -0.39 is 0 Å². The summed E-state index contributed by atoms with van der Waals surface area (Å²) in [5, 5.41) is 3.30. The van der Waals surface area contributed by atoms with Crippen molar-refractivity contribution in [2.45, 2.75) is 13.0 Å². The highest BCUT2D eigenvalue weighted by Gasteiger charge is 2.11. The molecule has 0 fully saturated rings. The smallest absolute Gasteiger partial charge is 0.0695 e. The van der Waals surface area contributed by atoms with Gasteiger partial charge in [-0.1, -0.05) is 30.4 Å². The average molecular weight is 145 g/mol. The van der Waals surface area contributed by atoms with E-state index in [0.717, 1.165) is 0 Å². The van der Waals surface area contributed by atoms with Gasteiger partial charge in [0.05, 0.1) is 6.04 Å². The zero-order chi connectivity index (χ0) is 7.68. The van der Waals surface area contributed by atoms with Gasteiger partial charge in [0, 0.05) is 6.20 Å². The summed E-state index contributed by atoms with van der Waals surface area (Å²) < 4.78 is 0. The molecule has 1 heterocycles. The van der Waals surface area contributed by atoms with Gasteiger partial charge in [0.15, 0.2) is 0 Å². The topological polar surface area (TPSA) is 12.0 Å². The Balaban J connectivity index is 2.33. The minimum Gasteiger partial charge on any atom is -0.380 e. The molecule has 0 aromatic heterocycles. The summed E-state index contributed by atoms with van der Waals surface area (Å²) in [6.45, 7) is 2.10. The van der Waals surface area contributed by atoms with Crippen LogP contribution in [0, 0.1) is 0 Å². The van der Waals surface area contributed by atoms with E-state index in [1.807, 2.05) is 0 Å². The van der Waals surface area contributed by atoms with Gasteiger partial charge in [0.2, 0.25) is 0 Å². The van der Waals surface area contributed by atoms with Crippen molar-refractivity contribution in [3.8, 4) is 0 Å². The van der Waals surface area contributed by atoms with Gasteiger partial charge in [-0.25, -0.2) is 0 Å². The Hall–Kier alpha value is -1.24. The first-order chi connectivity index (χ1) is 5.36. The van der Waals surface area contributed by atoms with E-state index in [-0.39, 0.29) is 0 Å². The second-order valence-electron chi connectivity index (χ2n) is 2.92. The van der Waals surface area contributed by atoms with Gasteiger partial charge in [-0.05, 0) is 18.1 Å². The Bertz CT molecular complexity index is 279. The van der Waals surface area contributed by atoms with E-state index in [1.54, 1.807) is 0 Å². The van der Waals surface area contributed by atoms with Crippen LogP contribution >= 0.6 is 0 Å². The van der Waals surface area contributed by atoms with E-state index >= 15 is 0 Å². The lowest BCUT2D eigenvalue weighted by Gasteiger charge is -2.21. The fraction of sp³-hybridized carbons (Fsp3) is 0.200. The maximum Gasteiger partial charge on any atom is 0.0695 e. The highest BCUT2D eigenvalue weighted by atomic mass is 14.9. The Morgan fingerprint density at radius 2 is 2.27 bits per heavy atom. The zero-order valence-corrected chi connectivity index (χ0v) is 6.54. The molecular weight excluding hydrogens is 134 g/mol. The minimum atomic E-state index is 0.406. The highest BCUT2D eigenvalue weighted by Crippen LogP contribution is 2.17. The molecule has 0 aromatic rings. The lowest BCUT2D eigenvalue weighted by atomic mass is 9.98. The molecule has 1 aliphatic heterocycles. The van der Waals surface area contributed by atoms with Crippen LogP contribution in [-0.4, -0.2) is 6.04 Å². The zero-order valence-electron chi connectivity index (χ0n) is 6.54. The molecule has 1 nitrogen and oxygen atoms in total. The van der Waals surface area contributed by atoms with Crippen LogP contribution in [0.25, 0.3) is 0 Å². The molecule has 1 heteroatoms. The van der Waals surface area contributed by atoms with Crippen LogP contribution in [0.5, 0.6) is 0 Å². The molecule has 0 saturated heterocycles. The van der Waals surface area contributed by atoms with Crippen LogP contribution < -0.4 is 5.32 Å². The molecule has 56 valence electrons. The van der Waals surface area contributed by atoms with Crippen LogP contribution in [0.2, 0.25) is 0 Å². The summed E-state index contributed by atoms with van der Waals surface area (Å²) >= 11 is 0. The number of hydrogen-bond donors (Lipinski definition) is 1. The normalized spacial score (nSPS) is 26.8. The highest BCUT2D eigenvalue weighted by molar-refractivity contribution is 5.43. The number of nitrogens with one attached hydrogen (secondary N) is 1. The van der Waals surface area contributed by atoms with E-state index in [4.69, 9.17) is 0 Å². The van der Waals surface area contributed by atoms with Gasteiger partial charge in [-0.2, -0.15) is 0 Å². The first kappa shape index (κ1) is 6.47. The first-order valence-corrected chi connectivity index (χ1v) is 3.85. The van der Waals surface area contributed by atoms with Gasteiger partial charge in [0.1, 0.15) is 0 Å². The second kappa shape index (κ2) is 2.42. The van der Waals surface area contributed by atoms with Crippen molar-refractivity contribution < 1.29 is 0 Å². The van der Waals surface area contributed by atoms with Crippen molar-refractivity contribution in [2.75, 3.05) is 0 Å². The Morgan fingerprint density at radius 3 is 3.18 bits per heavy atom. The molecule has 1 unspecified atom stereocenters. The van der Waals surface area contributed by atoms with Gasteiger partial charge < -0.3 is 5.32 Å². The van der Waals surface area contributed by atoms with E-state index in [2.05, 4.69) is 48.8 Å². The molecule has 1 aliphatic carbocycles. The van der Waals surface area contributed by atoms with Crippen LogP contribution in [0.3, 0.4) is 0 Å². The van der Waals surface area contributed by atoms with Crippen LogP contribution in [0.1, 0.15) is 6.92 Å². The third kappa shape index (κ3) is 1.14. The van der Waals surface area contributed by atoms with Gasteiger partial charge in [0.25, 0.3) is 0 Å². The number of allylic oxidation sites excluding steroid dienone is 4. The van der Waals surface area contributed by atoms with Gasteiger partial charge in [-0.3, -0.25) is 0 Å². The largest absolute Gasteiger partial charge is 0.380 e. The van der Waals surface area contributed by atoms with Crippen molar-refractivity contribution in [3.63, 3.8) is 0 Å². The molecular formula is C10H11N. The minimum absolute atomic E-state index is 0.406. The van der Waals surface area contributed by atoms with Crippen LogP contribution in [0.4, 0.5) is 0 Å². The van der Waals surface area contributed by atoms with E-state index in [1.165, 1.54) is 11.1 Å². The summed E-state index contributed by atoms with van der Waals surface area (Å²) in [5.74, 6) is 0. The SMILES string of the molecule is CC1=CNC2C=CC=CC2=C1. The maximum atomic E-state index is 3.30. The lowest BCUT2D eigenvalue weighted by molar-refractivity contribution is 0.785. The first-order valence-electron chi connectivity index (χ1n) is 3.85. The summed E-state index contributed by atoms with van der Waals surface area (Å²) in [5.41, 5.74) is 2.64. The van der Waals surface area contributed by atoms with Crippen molar-refractivity contribution >= 4 is 0 Å². The Kier molecular flexibility index (Phi) is 1.42. The monoisotopic (exact) mass is 145 g/mol. The molecule has 11 heavy (non-hydrogen) atoms. The predicted octanol–water partition coefficient (Wildman–Crippen LogP) is 1.91. The van der Waals surface area contributed by atoms with Crippen LogP contribution in [0.15, 0.2) is 47.7 Å². The van der Waals surface area contributed by atoms with Crippen molar-refractivity contribution in [3.05, 3.63) is 47.7 Å². The standard InChI is InChI=1S/C10H11N/c1-8-6-9-4-2-3-5-10(9)11-7-8/h2-7,10-11H,1H3. The molecule has 2 aliphatic rings. The van der Waals surface area contributed by atoms with Crippen molar-refractivity contribution in [2.24, 2.45) is 0 Å². The fourth-order valence-corrected chi connectivity index (χ4v) is 1.37. The molecule has 0 saturated carbocycles. The molecule has 1 atom stereocenters. The van der Waals surface area contributed by atoms with E-state index in [0.29, 0.717) is 6.04 Å². The molecule has 0 spiro atoms. The third-order valence-corrected chi connectivity index (χ3v) is 1.95. The summed E-state index contributed by atoms with van der Waals surface area (Å²) in [6, 6.07) is 0.406. The van der Waals surface area contributed by atoms with Crippen LogP contribution in [-0.2, 0) is 0 Å². The molecule has 1 N–H and O–H groups in total. The number of dihydropyridines is 1. The summed E-state index contributed by atoms with van der Waals surface area (Å²) in [4.78, 5) is 0. The van der Waals surface area contributed by atoms with Crippen molar-refractivity contribution in [1.29, 1.82) is 0 Å². The lowest BCUT2D eigenvalue weighted by Crippen LogP contribution is -2.27. The average Bonchev–Trinajstić information content (AvgIpc) is 2.04. The molecule has 0 aromatic carbocycles. The maximum absolute atomic E-state index is 3.30. The van der Waals surface area contributed by atoms with Gasteiger partial charge >= 0.3 is 0 Å². The van der Waals surface area contributed by atoms with Gasteiger partial charge in [-0.15, -0.1) is 0 Å². The van der Waals surface area contributed by atoms with Crippen molar-refractivity contribution in [1.82, 2.24) is 5.32 Å². The van der Waals surface area contributed by atoms with E-state index in [9.17, 15) is 0 Å². The summed E-state index contributed by atoms with van der Waals surface area (Å²) in [6.07, 6.45) is 12.7. The third-order valence-electron chi connectivity index (χ3n) is 1.95. The Labute approximate surface area is 66.8 Å². The fourth-order valence-electron chi connectivity index (χ4n) is 1.37. The summed E-state index contributed by atoms with van der Waals surface area (Å²) in [7, 11) is 0. The molecule has 0 amide bonds. The quantitative estimate of drug-likeness (QED) is 0.549. The molecule has 0 radical (unpaired) electrons. The Morgan fingerprint density at radius 1 is 1.36 bits per heavy atom. The molecule has 0 bridgehead atoms. The number of fused-ring (bicyclic) bond motifs is 1. The molecule has 2 rings (SSSR count). The predicted molar refractivity (Wildman–Crippen MR) is 47.0 cm³/mol.